The van der Waals surface area contributed by atoms with Crippen LogP contribution in [0.1, 0.15) is 22.5 Å². The van der Waals surface area contributed by atoms with Crippen LogP contribution in [0.3, 0.4) is 0 Å². The molecule has 2 aromatic carbocycles. The summed E-state index contributed by atoms with van der Waals surface area (Å²) in [6.45, 7) is 1.70. The zero-order valence-corrected chi connectivity index (χ0v) is 15.6. The van der Waals surface area contributed by atoms with Crippen LogP contribution >= 0.6 is 15.9 Å². The normalized spacial score (nSPS) is 13.3. The van der Waals surface area contributed by atoms with Crippen molar-refractivity contribution in [1.82, 2.24) is 9.55 Å². The molecule has 1 aromatic heterocycles. The Morgan fingerprint density at radius 1 is 1.16 bits per heavy atom. The van der Waals surface area contributed by atoms with E-state index in [1.54, 1.807) is 6.07 Å². The quantitative estimate of drug-likeness (QED) is 0.647. The highest BCUT2D eigenvalue weighted by atomic mass is 79.9. The number of rotatable bonds is 4. The number of nitrogens with zero attached hydrogens (tertiary/aromatic N) is 3. The molecule has 25 heavy (non-hydrogen) atoms. The van der Waals surface area contributed by atoms with E-state index in [9.17, 15) is 4.39 Å². The highest BCUT2D eigenvalue weighted by molar-refractivity contribution is 9.10. The first kappa shape index (κ1) is 16.3. The van der Waals surface area contributed by atoms with Crippen molar-refractivity contribution < 1.29 is 4.39 Å². The molecule has 0 bridgehead atoms. The zero-order chi connectivity index (χ0) is 17.4. The van der Waals surface area contributed by atoms with Crippen molar-refractivity contribution in [2.45, 2.75) is 19.4 Å². The number of halogens is 2. The average molecular weight is 400 g/mol. The van der Waals surface area contributed by atoms with Crippen molar-refractivity contribution >= 4 is 21.6 Å². The summed E-state index contributed by atoms with van der Waals surface area (Å²) in [6, 6.07) is 11.7. The van der Waals surface area contributed by atoms with Crippen LogP contribution in [0.15, 0.2) is 53.3 Å². The molecule has 2 heterocycles. The minimum absolute atomic E-state index is 0.228. The molecule has 3 aromatic rings. The van der Waals surface area contributed by atoms with Crippen molar-refractivity contribution in [3.63, 3.8) is 0 Å². The van der Waals surface area contributed by atoms with Crippen LogP contribution in [0.25, 0.3) is 0 Å². The summed E-state index contributed by atoms with van der Waals surface area (Å²) in [7, 11) is 2.13. The van der Waals surface area contributed by atoms with Crippen molar-refractivity contribution in [1.29, 1.82) is 0 Å². The van der Waals surface area contributed by atoms with Crippen LogP contribution in [0.4, 0.5) is 10.1 Å². The molecular formula is C20H19BrFN3. The first-order chi connectivity index (χ1) is 12.1. The summed E-state index contributed by atoms with van der Waals surface area (Å²) < 4.78 is 16.4. The molecule has 1 aliphatic heterocycles. The predicted molar refractivity (Wildman–Crippen MR) is 102 cm³/mol. The van der Waals surface area contributed by atoms with Crippen LogP contribution in [-0.2, 0) is 19.4 Å². The van der Waals surface area contributed by atoms with Gasteiger partial charge in [0.2, 0.25) is 0 Å². The zero-order valence-electron chi connectivity index (χ0n) is 14.0. The SMILES string of the molecule is CN1CCc2cc(Cc3nccn3Cc3cc(F)cc(Br)c3)ccc21. The van der Waals surface area contributed by atoms with Gasteiger partial charge in [-0.05, 0) is 47.4 Å². The van der Waals surface area contributed by atoms with Crippen LogP contribution in [-0.4, -0.2) is 23.1 Å². The Morgan fingerprint density at radius 3 is 2.88 bits per heavy atom. The smallest absolute Gasteiger partial charge is 0.124 e. The fourth-order valence-corrected chi connectivity index (χ4v) is 3.98. The molecule has 0 saturated heterocycles. The van der Waals surface area contributed by atoms with E-state index in [0.717, 1.165) is 35.2 Å². The first-order valence-corrected chi connectivity index (χ1v) is 9.16. The molecule has 4 rings (SSSR count). The molecule has 0 N–H and O–H groups in total. The largest absolute Gasteiger partial charge is 0.374 e. The molecule has 0 radical (unpaired) electrons. The molecule has 128 valence electrons. The fraction of sp³-hybridized carbons (Fsp3) is 0.250. The molecule has 0 amide bonds. The first-order valence-electron chi connectivity index (χ1n) is 8.36. The summed E-state index contributed by atoms with van der Waals surface area (Å²) in [5, 5.41) is 0. The molecule has 3 nitrogen and oxygen atoms in total. The summed E-state index contributed by atoms with van der Waals surface area (Å²) in [4.78, 5) is 6.80. The second kappa shape index (κ2) is 6.64. The lowest BCUT2D eigenvalue weighted by Crippen LogP contribution is -2.12. The van der Waals surface area contributed by atoms with Crippen molar-refractivity contribution in [2.75, 3.05) is 18.5 Å². The predicted octanol–water partition coefficient (Wildman–Crippen LogP) is 4.42. The van der Waals surface area contributed by atoms with Gasteiger partial charge in [0.05, 0.1) is 0 Å². The Labute approximate surface area is 155 Å². The van der Waals surface area contributed by atoms with Gasteiger partial charge in [-0.3, -0.25) is 0 Å². The summed E-state index contributed by atoms with van der Waals surface area (Å²) in [5.41, 5.74) is 4.92. The molecule has 5 heteroatoms. The summed E-state index contributed by atoms with van der Waals surface area (Å²) >= 11 is 3.35. The number of likely N-dealkylation sites (N-methyl/N-ethyl adjacent to an activating group) is 1. The number of anilines is 1. The van der Waals surface area contributed by atoms with Gasteiger partial charge in [0.25, 0.3) is 0 Å². The maximum absolute atomic E-state index is 13.6. The highest BCUT2D eigenvalue weighted by Gasteiger charge is 2.16. The number of hydrogen-bond donors (Lipinski definition) is 0. The van der Waals surface area contributed by atoms with Crippen LogP contribution in [0, 0.1) is 5.82 Å². The van der Waals surface area contributed by atoms with E-state index >= 15 is 0 Å². The molecule has 0 fully saturated rings. The number of aromatic nitrogens is 2. The van der Waals surface area contributed by atoms with Gasteiger partial charge in [0, 0.05) is 49.1 Å². The van der Waals surface area contributed by atoms with Crippen LogP contribution in [0.2, 0.25) is 0 Å². The third-order valence-electron chi connectivity index (χ3n) is 4.71. The van der Waals surface area contributed by atoms with E-state index in [4.69, 9.17) is 0 Å². The summed E-state index contributed by atoms with van der Waals surface area (Å²) in [6.07, 6.45) is 5.64. The van der Waals surface area contributed by atoms with Gasteiger partial charge in [-0.25, -0.2) is 9.37 Å². The maximum Gasteiger partial charge on any atom is 0.124 e. The Kier molecular flexibility index (Phi) is 4.34. The van der Waals surface area contributed by atoms with E-state index in [1.807, 2.05) is 18.5 Å². The Hall–Kier alpha value is -2.14. The number of fused-ring (bicyclic) bond motifs is 1. The van der Waals surface area contributed by atoms with E-state index in [1.165, 1.54) is 22.9 Å². The van der Waals surface area contributed by atoms with Gasteiger partial charge in [-0.1, -0.05) is 28.1 Å². The minimum atomic E-state index is -0.228. The molecule has 0 atom stereocenters. The van der Waals surface area contributed by atoms with Gasteiger partial charge in [-0.15, -0.1) is 0 Å². The van der Waals surface area contributed by atoms with Gasteiger partial charge in [0.15, 0.2) is 0 Å². The van der Waals surface area contributed by atoms with Crippen molar-refractivity contribution in [3.05, 3.63) is 81.6 Å². The lowest BCUT2D eigenvalue weighted by Gasteiger charge is -2.13. The molecule has 0 aliphatic carbocycles. The Bertz CT molecular complexity index is 899. The lowest BCUT2D eigenvalue weighted by molar-refractivity contribution is 0.621. The molecular weight excluding hydrogens is 381 g/mol. The number of hydrogen-bond acceptors (Lipinski definition) is 2. The topological polar surface area (TPSA) is 21.1 Å². The van der Waals surface area contributed by atoms with Gasteiger partial charge >= 0.3 is 0 Å². The van der Waals surface area contributed by atoms with Gasteiger partial charge < -0.3 is 9.47 Å². The lowest BCUT2D eigenvalue weighted by atomic mass is 10.1. The second-order valence-corrected chi connectivity index (χ2v) is 7.48. The molecule has 0 unspecified atom stereocenters. The van der Waals surface area contributed by atoms with E-state index < -0.39 is 0 Å². The van der Waals surface area contributed by atoms with E-state index in [0.29, 0.717) is 6.54 Å². The van der Waals surface area contributed by atoms with Gasteiger partial charge in [0.1, 0.15) is 11.6 Å². The summed E-state index contributed by atoms with van der Waals surface area (Å²) in [5.74, 6) is 0.764. The van der Waals surface area contributed by atoms with E-state index in [-0.39, 0.29) is 5.82 Å². The Balaban J connectivity index is 1.56. The van der Waals surface area contributed by atoms with Crippen molar-refractivity contribution in [2.24, 2.45) is 0 Å². The monoisotopic (exact) mass is 399 g/mol. The number of imidazole rings is 1. The fourth-order valence-electron chi connectivity index (χ4n) is 3.46. The van der Waals surface area contributed by atoms with Gasteiger partial charge in [-0.2, -0.15) is 0 Å². The molecule has 0 saturated carbocycles. The third-order valence-corrected chi connectivity index (χ3v) is 5.17. The highest BCUT2D eigenvalue weighted by Crippen LogP contribution is 2.28. The second-order valence-electron chi connectivity index (χ2n) is 6.56. The number of benzene rings is 2. The minimum Gasteiger partial charge on any atom is -0.374 e. The van der Waals surface area contributed by atoms with Crippen LogP contribution < -0.4 is 4.90 Å². The molecule has 0 spiro atoms. The van der Waals surface area contributed by atoms with Crippen LogP contribution in [0.5, 0.6) is 0 Å². The standard InChI is InChI=1S/C20H19BrFN3/c1-24-6-4-16-8-14(2-3-19(16)24)11-20-23-5-7-25(20)13-15-9-17(21)12-18(22)10-15/h2-3,5,7-10,12H,4,6,11,13H2,1H3. The Morgan fingerprint density at radius 2 is 2.04 bits per heavy atom. The third kappa shape index (κ3) is 3.47. The van der Waals surface area contributed by atoms with E-state index in [2.05, 4.69) is 55.6 Å². The molecule has 1 aliphatic rings. The van der Waals surface area contributed by atoms with Crippen molar-refractivity contribution in [3.8, 4) is 0 Å². The maximum atomic E-state index is 13.6. The average Bonchev–Trinajstić information content (AvgIpc) is 3.14.